The smallest absolute Gasteiger partial charge is 0.243 e. The number of piperidine rings is 1. The Morgan fingerprint density at radius 1 is 0.949 bits per heavy atom. The first kappa shape index (κ1) is 26.3. The van der Waals surface area contributed by atoms with E-state index in [1.807, 2.05) is 0 Å². The lowest BCUT2D eigenvalue weighted by atomic mass is 9.95. The third-order valence-electron chi connectivity index (χ3n) is 8.54. The first-order valence-corrected chi connectivity index (χ1v) is 14.5. The van der Waals surface area contributed by atoms with Crippen molar-refractivity contribution < 1.29 is 9.59 Å². The second-order valence-corrected chi connectivity index (χ2v) is 11.6. The summed E-state index contributed by atoms with van der Waals surface area (Å²) in [5, 5.41) is 2.36. The monoisotopic (exact) mass is 540 g/mol. The molecule has 0 spiro atoms. The Balaban J connectivity index is 1.13. The van der Waals surface area contributed by atoms with Crippen molar-refractivity contribution in [3.8, 4) is 0 Å². The highest BCUT2D eigenvalue weighted by Crippen LogP contribution is 2.40. The van der Waals surface area contributed by atoms with E-state index in [0.717, 1.165) is 26.2 Å². The Bertz CT molecular complexity index is 1300. The van der Waals surface area contributed by atoms with Crippen LogP contribution < -0.4 is 5.32 Å². The molecule has 0 aromatic heterocycles. The fraction of sp³-hybridized carbons (Fsp3) is 0.375. The molecule has 39 heavy (non-hydrogen) atoms. The number of amides is 2. The van der Waals surface area contributed by atoms with Gasteiger partial charge in [0.2, 0.25) is 11.8 Å². The molecule has 7 heteroatoms. The summed E-state index contributed by atoms with van der Waals surface area (Å²) in [4.78, 5) is 31.4. The molecule has 0 aliphatic carbocycles. The van der Waals surface area contributed by atoms with E-state index in [-0.39, 0.29) is 29.3 Å². The van der Waals surface area contributed by atoms with E-state index in [1.54, 1.807) is 0 Å². The van der Waals surface area contributed by atoms with Gasteiger partial charge < -0.3 is 0 Å². The fourth-order valence-electron chi connectivity index (χ4n) is 6.50. The molecule has 3 aliphatic rings. The number of piperazine rings is 1. The highest BCUT2D eigenvalue weighted by Gasteiger charge is 2.39. The Kier molecular flexibility index (Phi) is 7.58. The Morgan fingerprint density at radius 2 is 1.64 bits per heavy atom. The summed E-state index contributed by atoms with van der Waals surface area (Å²) in [5.74, 6) is -0.381. The van der Waals surface area contributed by atoms with E-state index in [9.17, 15) is 9.59 Å². The highest BCUT2D eigenvalue weighted by atomic mass is 32.1. The maximum Gasteiger partial charge on any atom is 0.243 e. The van der Waals surface area contributed by atoms with Crippen LogP contribution in [0.15, 0.2) is 78.9 Å². The number of hydrogen-bond acceptors (Lipinski definition) is 6. The molecule has 202 valence electrons. The molecule has 2 fully saturated rings. The molecule has 3 aromatic rings. The van der Waals surface area contributed by atoms with Crippen molar-refractivity contribution in [1.82, 2.24) is 20.0 Å². The minimum atomic E-state index is -0.309. The quantitative estimate of drug-likeness (QED) is 0.356. The zero-order valence-corrected chi connectivity index (χ0v) is 23.3. The number of hydrogen-bond donors (Lipinski definition) is 2. The van der Waals surface area contributed by atoms with Gasteiger partial charge in [0.25, 0.3) is 0 Å². The summed E-state index contributed by atoms with van der Waals surface area (Å²) < 4.78 is 0. The number of nitrogens with zero attached hydrogens (tertiary/aromatic N) is 3. The number of imide groups is 1. The molecule has 0 saturated carbocycles. The lowest BCUT2D eigenvalue weighted by Crippen LogP contribution is -2.52. The van der Waals surface area contributed by atoms with E-state index in [1.165, 1.54) is 27.8 Å². The minimum absolute atomic E-state index is 0.131. The number of fused-ring (bicyclic) bond motifs is 1. The highest BCUT2D eigenvalue weighted by molar-refractivity contribution is 7.80. The van der Waals surface area contributed by atoms with Gasteiger partial charge in [-0.25, -0.2) is 0 Å². The Hall–Kier alpha value is -2.97. The van der Waals surface area contributed by atoms with E-state index >= 15 is 0 Å². The number of carbonyl (C=O) groups excluding carboxylic acids is 2. The van der Waals surface area contributed by atoms with Crippen molar-refractivity contribution in [2.24, 2.45) is 0 Å². The van der Waals surface area contributed by atoms with Crippen LogP contribution >= 0.6 is 12.6 Å². The lowest BCUT2D eigenvalue weighted by Gasteiger charge is -2.43. The van der Waals surface area contributed by atoms with E-state index in [4.69, 9.17) is 12.6 Å². The van der Waals surface area contributed by atoms with Crippen LogP contribution in [-0.2, 0) is 22.7 Å². The SMILES string of the molecule is C[C@@H]1CN(C(c2ccccc2)c2ccccc2)CCN1Cc1ccc2c(c1)CN(C1CCC(=O)NC1=O)C2S. The summed E-state index contributed by atoms with van der Waals surface area (Å²) >= 11 is 4.85. The van der Waals surface area contributed by atoms with Crippen molar-refractivity contribution in [2.45, 2.75) is 56.4 Å². The average molecular weight is 541 g/mol. The van der Waals surface area contributed by atoms with Crippen molar-refractivity contribution in [3.05, 3.63) is 107 Å². The average Bonchev–Trinajstić information content (AvgIpc) is 3.27. The molecule has 6 rings (SSSR count). The summed E-state index contributed by atoms with van der Waals surface area (Å²) in [6, 6.07) is 28.7. The molecule has 3 heterocycles. The molecule has 2 saturated heterocycles. The second kappa shape index (κ2) is 11.3. The fourth-order valence-corrected chi connectivity index (χ4v) is 6.99. The van der Waals surface area contributed by atoms with Gasteiger partial charge >= 0.3 is 0 Å². The molecule has 6 nitrogen and oxygen atoms in total. The van der Waals surface area contributed by atoms with Crippen LogP contribution in [0.5, 0.6) is 0 Å². The third-order valence-corrected chi connectivity index (χ3v) is 9.12. The van der Waals surface area contributed by atoms with Crippen LogP contribution in [0.1, 0.15) is 59.0 Å². The van der Waals surface area contributed by atoms with Gasteiger partial charge in [-0.15, -0.1) is 0 Å². The summed E-state index contributed by atoms with van der Waals surface area (Å²) in [6.07, 6.45) is 0.936. The first-order chi connectivity index (χ1) is 19.0. The molecule has 2 amide bonds. The zero-order valence-electron chi connectivity index (χ0n) is 22.4. The number of nitrogens with one attached hydrogen (secondary N) is 1. The van der Waals surface area contributed by atoms with Gasteiger partial charge in [-0.3, -0.25) is 29.6 Å². The molecule has 3 aromatic carbocycles. The van der Waals surface area contributed by atoms with E-state index in [0.29, 0.717) is 25.4 Å². The number of benzene rings is 3. The summed E-state index contributed by atoms with van der Waals surface area (Å²) in [7, 11) is 0. The van der Waals surface area contributed by atoms with Crippen LogP contribution in [0, 0.1) is 0 Å². The molecule has 1 N–H and O–H groups in total. The van der Waals surface area contributed by atoms with Crippen LogP contribution in [0.4, 0.5) is 0 Å². The van der Waals surface area contributed by atoms with Gasteiger partial charge in [0.05, 0.1) is 17.5 Å². The van der Waals surface area contributed by atoms with E-state index < -0.39 is 0 Å². The molecule has 3 atom stereocenters. The molecular weight excluding hydrogens is 504 g/mol. The van der Waals surface area contributed by atoms with Crippen LogP contribution in [0.3, 0.4) is 0 Å². The van der Waals surface area contributed by atoms with Crippen LogP contribution in [0.25, 0.3) is 0 Å². The van der Waals surface area contributed by atoms with Crippen molar-refractivity contribution in [3.63, 3.8) is 0 Å². The standard InChI is InChI=1S/C32H36N4O2S/c1-22-19-35(30(24-8-4-2-5-9-24)25-10-6-3-7-11-25)17-16-34(22)20-23-12-13-27-26(18-23)21-36(32(27)39)28-14-15-29(37)33-31(28)38/h2-13,18,22,28,30,32,39H,14-17,19-21H2,1H3,(H,33,37,38)/t22-,28?,32?/m1/s1. The van der Waals surface area contributed by atoms with Gasteiger partial charge in [-0.1, -0.05) is 78.9 Å². The zero-order chi connectivity index (χ0) is 26.9. The van der Waals surface area contributed by atoms with Gasteiger partial charge in [0.15, 0.2) is 0 Å². The second-order valence-electron chi connectivity index (χ2n) is 11.1. The first-order valence-electron chi connectivity index (χ1n) is 13.9. The summed E-state index contributed by atoms with van der Waals surface area (Å²) in [5.41, 5.74) is 6.37. The molecular formula is C32H36N4O2S. The van der Waals surface area contributed by atoms with Crippen molar-refractivity contribution in [2.75, 3.05) is 19.6 Å². The molecule has 3 aliphatic heterocycles. The predicted molar refractivity (Wildman–Crippen MR) is 156 cm³/mol. The number of thiol groups is 1. The van der Waals surface area contributed by atoms with E-state index in [2.05, 4.69) is 106 Å². The molecule has 0 radical (unpaired) electrons. The normalized spacial score (nSPS) is 24.6. The maximum atomic E-state index is 12.5. The third kappa shape index (κ3) is 5.41. The van der Waals surface area contributed by atoms with Crippen molar-refractivity contribution in [1.29, 1.82) is 0 Å². The van der Waals surface area contributed by atoms with Crippen molar-refractivity contribution >= 4 is 24.4 Å². The maximum absolute atomic E-state index is 12.5. The predicted octanol–water partition coefficient (Wildman–Crippen LogP) is 4.53. The van der Waals surface area contributed by atoms with Gasteiger partial charge in [0, 0.05) is 45.2 Å². The summed E-state index contributed by atoms with van der Waals surface area (Å²) in [6.45, 7) is 6.93. The van der Waals surface area contributed by atoms with Crippen LogP contribution in [-0.4, -0.2) is 58.2 Å². The van der Waals surface area contributed by atoms with Gasteiger partial charge in [-0.05, 0) is 41.2 Å². The minimum Gasteiger partial charge on any atom is -0.295 e. The van der Waals surface area contributed by atoms with Gasteiger partial charge in [0.1, 0.15) is 0 Å². The lowest BCUT2D eigenvalue weighted by molar-refractivity contribution is -0.137. The largest absolute Gasteiger partial charge is 0.295 e. The Morgan fingerprint density at radius 3 is 2.28 bits per heavy atom. The number of carbonyl (C=O) groups is 2. The number of rotatable bonds is 6. The van der Waals surface area contributed by atoms with Crippen LogP contribution in [0.2, 0.25) is 0 Å². The topological polar surface area (TPSA) is 55.9 Å². The Labute approximate surface area is 236 Å². The molecule has 2 unspecified atom stereocenters. The molecule has 0 bridgehead atoms. The van der Waals surface area contributed by atoms with Gasteiger partial charge in [-0.2, -0.15) is 12.6 Å².